The van der Waals surface area contributed by atoms with E-state index in [2.05, 4.69) is 86.7 Å². The predicted molar refractivity (Wildman–Crippen MR) is 99.7 cm³/mol. The molecule has 3 aromatic carbocycles. The summed E-state index contributed by atoms with van der Waals surface area (Å²) in [6, 6.07) is 22.0. The molecule has 4 rings (SSSR count). The molecular formula is C23H20. The van der Waals surface area contributed by atoms with Gasteiger partial charge in [-0.3, -0.25) is 0 Å². The molecule has 0 radical (unpaired) electrons. The first-order valence-electron chi connectivity index (χ1n) is 8.20. The van der Waals surface area contributed by atoms with E-state index >= 15 is 0 Å². The molecule has 0 heteroatoms. The molecule has 0 spiro atoms. The van der Waals surface area contributed by atoms with Crippen molar-refractivity contribution >= 4 is 21.9 Å². The van der Waals surface area contributed by atoms with Crippen LogP contribution in [0.2, 0.25) is 0 Å². The zero-order chi connectivity index (χ0) is 15.8. The first-order valence-corrected chi connectivity index (χ1v) is 8.20. The molecule has 0 bridgehead atoms. The lowest BCUT2D eigenvalue weighted by Gasteiger charge is -2.10. The molecule has 1 aliphatic carbocycles. The van der Waals surface area contributed by atoms with E-state index in [9.17, 15) is 0 Å². The van der Waals surface area contributed by atoms with Crippen LogP contribution in [0.15, 0.2) is 72.8 Å². The Labute approximate surface area is 137 Å². The first-order chi connectivity index (χ1) is 11.3. The van der Waals surface area contributed by atoms with Crippen molar-refractivity contribution in [3.8, 4) is 0 Å². The third-order valence-electron chi connectivity index (χ3n) is 4.82. The highest BCUT2D eigenvalue weighted by Gasteiger charge is 2.09. The highest BCUT2D eigenvalue weighted by atomic mass is 14.1. The largest absolute Gasteiger partial charge is 0.0798 e. The number of hydrogen-bond donors (Lipinski definition) is 0. The summed E-state index contributed by atoms with van der Waals surface area (Å²) < 4.78 is 0. The lowest BCUT2D eigenvalue weighted by molar-refractivity contribution is 1.33. The normalized spacial score (nSPS) is 14.0. The van der Waals surface area contributed by atoms with E-state index in [0.717, 1.165) is 6.42 Å². The smallest absolute Gasteiger partial charge is 0.00991 e. The van der Waals surface area contributed by atoms with Crippen molar-refractivity contribution in [3.63, 3.8) is 0 Å². The highest BCUT2D eigenvalue weighted by Crippen LogP contribution is 2.27. The number of fused-ring (bicyclic) bond motifs is 2. The summed E-state index contributed by atoms with van der Waals surface area (Å²) in [6.45, 7) is 4.42. The van der Waals surface area contributed by atoms with Crippen LogP contribution in [0.25, 0.3) is 21.9 Å². The topological polar surface area (TPSA) is 0 Å². The number of benzene rings is 3. The Morgan fingerprint density at radius 2 is 1.39 bits per heavy atom. The van der Waals surface area contributed by atoms with Gasteiger partial charge in [0.2, 0.25) is 0 Å². The minimum absolute atomic E-state index is 1.02. The van der Waals surface area contributed by atoms with E-state index in [1.165, 1.54) is 43.5 Å². The summed E-state index contributed by atoms with van der Waals surface area (Å²) in [7, 11) is 0. The maximum atomic E-state index is 2.30. The van der Waals surface area contributed by atoms with Crippen LogP contribution < -0.4 is 10.4 Å². The fourth-order valence-electron chi connectivity index (χ4n) is 3.56. The van der Waals surface area contributed by atoms with Crippen molar-refractivity contribution in [2.45, 2.75) is 20.3 Å². The second-order valence-corrected chi connectivity index (χ2v) is 6.32. The molecule has 0 saturated heterocycles. The fourth-order valence-corrected chi connectivity index (χ4v) is 3.56. The molecule has 0 N–H and O–H groups in total. The van der Waals surface area contributed by atoms with Crippen LogP contribution in [0.1, 0.15) is 24.5 Å². The Hall–Kier alpha value is -2.60. The molecule has 0 aromatic heterocycles. The Morgan fingerprint density at radius 1 is 0.696 bits per heavy atom. The third kappa shape index (κ3) is 2.31. The number of allylic oxidation sites excluding steroid dienone is 2. The Bertz CT molecular complexity index is 1050. The van der Waals surface area contributed by atoms with Gasteiger partial charge in [-0.25, -0.2) is 0 Å². The SMILES string of the molecule is CC1=c2ccccc2=C(c2ccc(C)c3ccccc23)C=CC1. The van der Waals surface area contributed by atoms with Crippen molar-refractivity contribution in [2.75, 3.05) is 0 Å². The number of aryl methyl sites for hydroxylation is 1. The van der Waals surface area contributed by atoms with Gasteiger partial charge in [0, 0.05) is 0 Å². The molecule has 112 valence electrons. The lowest BCUT2D eigenvalue weighted by Crippen LogP contribution is -2.27. The molecular weight excluding hydrogens is 276 g/mol. The maximum Gasteiger partial charge on any atom is -0.00991 e. The maximum absolute atomic E-state index is 2.30. The fraction of sp³-hybridized carbons (Fsp3) is 0.130. The Balaban J connectivity index is 2.18. The zero-order valence-corrected chi connectivity index (χ0v) is 13.6. The van der Waals surface area contributed by atoms with Gasteiger partial charge in [-0.2, -0.15) is 0 Å². The van der Waals surface area contributed by atoms with Gasteiger partial charge in [0.05, 0.1) is 0 Å². The lowest BCUT2D eigenvalue weighted by atomic mass is 9.93. The monoisotopic (exact) mass is 296 g/mol. The minimum Gasteiger partial charge on any atom is -0.0798 e. The second kappa shape index (κ2) is 5.55. The molecule has 3 aromatic rings. The molecule has 0 aliphatic heterocycles. The molecule has 0 unspecified atom stereocenters. The van der Waals surface area contributed by atoms with Crippen LogP contribution in [-0.4, -0.2) is 0 Å². The second-order valence-electron chi connectivity index (χ2n) is 6.32. The van der Waals surface area contributed by atoms with Crippen molar-refractivity contribution < 1.29 is 0 Å². The molecule has 0 nitrogen and oxygen atoms in total. The summed E-state index contributed by atoms with van der Waals surface area (Å²) in [4.78, 5) is 0. The van der Waals surface area contributed by atoms with Crippen molar-refractivity contribution in [3.05, 3.63) is 94.4 Å². The molecule has 0 amide bonds. The van der Waals surface area contributed by atoms with Crippen LogP contribution in [0, 0.1) is 6.92 Å². The van der Waals surface area contributed by atoms with E-state index < -0.39 is 0 Å². The van der Waals surface area contributed by atoms with Gasteiger partial charge < -0.3 is 0 Å². The molecule has 23 heavy (non-hydrogen) atoms. The molecule has 1 aliphatic rings. The van der Waals surface area contributed by atoms with Crippen LogP contribution in [-0.2, 0) is 0 Å². The molecule has 0 atom stereocenters. The van der Waals surface area contributed by atoms with Gasteiger partial charge in [0.1, 0.15) is 0 Å². The van der Waals surface area contributed by atoms with Crippen LogP contribution in [0.3, 0.4) is 0 Å². The van der Waals surface area contributed by atoms with Crippen LogP contribution >= 0.6 is 0 Å². The molecule has 0 heterocycles. The van der Waals surface area contributed by atoms with E-state index in [1.54, 1.807) is 0 Å². The quantitative estimate of drug-likeness (QED) is 0.621. The van der Waals surface area contributed by atoms with Crippen LogP contribution in [0.5, 0.6) is 0 Å². The Morgan fingerprint density at radius 3 is 2.22 bits per heavy atom. The zero-order valence-electron chi connectivity index (χ0n) is 13.6. The summed E-state index contributed by atoms with van der Waals surface area (Å²) in [5.41, 5.74) is 5.42. The van der Waals surface area contributed by atoms with Gasteiger partial charge in [0.15, 0.2) is 0 Å². The van der Waals surface area contributed by atoms with Gasteiger partial charge in [0.25, 0.3) is 0 Å². The van der Waals surface area contributed by atoms with Gasteiger partial charge in [-0.1, -0.05) is 78.4 Å². The molecule has 0 saturated carbocycles. The average molecular weight is 296 g/mol. The standard InChI is InChI=1S/C23H20/c1-16-8-7-13-22(20-11-5-3-9-18(16)20)23-15-14-17(2)19-10-4-6-12-21(19)23/h3-7,9-15H,8H2,1-2H3. The number of hydrogen-bond acceptors (Lipinski definition) is 0. The van der Waals surface area contributed by atoms with Crippen molar-refractivity contribution in [1.29, 1.82) is 0 Å². The Kier molecular flexibility index (Phi) is 3.38. The number of rotatable bonds is 1. The van der Waals surface area contributed by atoms with E-state index in [1.807, 2.05) is 0 Å². The summed E-state index contributed by atoms with van der Waals surface area (Å²) in [5, 5.41) is 5.39. The highest BCUT2D eigenvalue weighted by molar-refractivity contribution is 5.97. The predicted octanol–water partition coefficient (Wildman–Crippen LogP) is 4.48. The van der Waals surface area contributed by atoms with Gasteiger partial charge in [-0.15, -0.1) is 0 Å². The summed E-state index contributed by atoms with van der Waals surface area (Å²) >= 11 is 0. The van der Waals surface area contributed by atoms with Crippen LogP contribution in [0.4, 0.5) is 0 Å². The van der Waals surface area contributed by atoms with E-state index in [4.69, 9.17) is 0 Å². The minimum atomic E-state index is 1.02. The third-order valence-corrected chi connectivity index (χ3v) is 4.82. The van der Waals surface area contributed by atoms with E-state index in [-0.39, 0.29) is 0 Å². The average Bonchev–Trinajstić information content (AvgIpc) is 2.75. The molecule has 0 fully saturated rings. The van der Waals surface area contributed by atoms with Crippen molar-refractivity contribution in [2.24, 2.45) is 0 Å². The first kappa shape index (κ1) is 14.0. The van der Waals surface area contributed by atoms with Gasteiger partial charge in [-0.05, 0) is 58.2 Å². The van der Waals surface area contributed by atoms with E-state index in [0.29, 0.717) is 0 Å². The van der Waals surface area contributed by atoms with Gasteiger partial charge >= 0.3 is 0 Å². The summed E-state index contributed by atoms with van der Waals surface area (Å²) in [6.07, 6.45) is 5.61. The van der Waals surface area contributed by atoms with Crippen molar-refractivity contribution in [1.82, 2.24) is 0 Å². The summed E-state index contributed by atoms with van der Waals surface area (Å²) in [5.74, 6) is 0.